The quantitative estimate of drug-likeness (QED) is 0.730. The number of nitrogens with zero attached hydrogens (tertiary/aromatic N) is 1. The molecular formula is C14H19NO4. The summed E-state index contributed by atoms with van der Waals surface area (Å²) in [5.74, 6) is 0.432. The predicted octanol–water partition coefficient (Wildman–Crippen LogP) is 2.17. The molecule has 0 aliphatic rings. The molecule has 1 aromatic carbocycles. The highest BCUT2D eigenvalue weighted by Crippen LogP contribution is 2.31. The Balaban J connectivity index is 2.94. The van der Waals surface area contributed by atoms with Gasteiger partial charge < -0.3 is 19.5 Å². The molecule has 5 nitrogen and oxygen atoms in total. The summed E-state index contributed by atoms with van der Waals surface area (Å²) in [7, 11) is 3.14. The van der Waals surface area contributed by atoms with Gasteiger partial charge in [-0.05, 0) is 12.1 Å². The number of hydrogen-bond donors (Lipinski definition) is 1. The van der Waals surface area contributed by atoms with Crippen LogP contribution in [0.25, 0.3) is 0 Å². The summed E-state index contributed by atoms with van der Waals surface area (Å²) in [5.41, 5.74) is 0.874. The average molecular weight is 265 g/mol. The Morgan fingerprint density at radius 3 is 2.58 bits per heavy atom. The van der Waals surface area contributed by atoms with Crippen LogP contribution in [-0.2, 0) is 4.79 Å². The van der Waals surface area contributed by atoms with E-state index in [1.54, 1.807) is 26.4 Å². The molecule has 0 amide bonds. The fourth-order valence-corrected chi connectivity index (χ4v) is 1.73. The fraction of sp³-hybridized carbons (Fsp3) is 0.357. The Labute approximate surface area is 113 Å². The summed E-state index contributed by atoms with van der Waals surface area (Å²) in [6.45, 7) is 4.67. The van der Waals surface area contributed by atoms with Crippen molar-refractivity contribution < 1.29 is 19.4 Å². The molecule has 0 aromatic heterocycles. The minimum absolute atomic E-state index is 0.0716. The van der Waals surface area contributed by atoms with Crippen molar-refractivity contribution in [3.63, 3.8) is 0 Å². The van der Waals surface area contributed by atoms with Gasteiger partial charge >= 0.3 is 5.97 Å². The number of hydrogen-bond acceptors (Lipinski definition) is 4. The van der Waals surface area contributed by atoms with Crippen molar-refractivity contribution in [1.29, 1.82) is 0 Å². The number of anilines is 1. The summed E-state index contributed by atoms with van der Waals surface area (Å²) in [6, 6.07) is 5.49. The van der Waals surface area contributed by atoms with E-state index in [0.29, 0.717) is 24.6 Å². The highest BCUT2D eigenvalue weighted by Gasteiger charge is 2.11. The van der Waals surface area contributed by atoms with Crippen LogP contribution in [0.5, 0.6) is 11.5 Å². The summed E-state index contributed by atoms with van der Waals surface area (Å²) in [4.78, 5) is 12.6. The first-order chi connectivity index (χ1) is 9.12. The summed E-state index contributed by atoms with van der Waals surface area (Å²) < 4.78 is 10.4. The number of carboxylic acid groups (broad SMARTS) is 1. The molecule has 104 valence electrons. The SMILES string of the molecule is C=CCN(CCC(=O)O)c1ccc(OC)c(OC)c1. The van der Waals surface area contributed by atoms with E-state index in [1.165, 1.54) is 0 Å². The van der Waals surface area contributed by atoms with Crippen molar-refractivity contribution in [3.8, 4) is 11.5 Å². The number of carboxylic acids is 1. The first-order valence-corrected chi connectivity index (χ1v) is 5.92. The minimum atomic E-state index is -0.825. The lowest BCUT2D eigenvalue weighted by atomic mass is 10.2. The molecule has 1 N–H and O–H groups in total. The van der Waals surface area contributed by atoms with Crippen molar-refractivity contribution in [1.82, 2.24) is 0 Å². The van der Waals surface area contributed by atoms with Crippen LogP contribution in [0.1, 0.15) is 6.42 Å². The van der Waals surface area contributed by atoms with Crippen molar-refractivity contribution in [2.24, 2.45) is 0 Å². The molecule has 0 aliphatic heterocycles. The number of carbonyl (C=O) groups is 1. The topological polar surface area (TPSA) is 59.0 Å². The number of benzene rings is 1. The molecule has 0 bridgehead atoms. The maximum Gasteiger partial charge on any atom is 0.305 e. The van der Waals surface area contributed by atoms with Crippen molar-refractivity contribution in [2.75, 3.05) is 32.2 Å². The van der Waals surface area contributed by atoms with Gasteiger partial charge in [0.2, 0.25) is 0 Å². The highest BCUT2D eigenvalue weighted by molar-refractivity contribution is 5.68. The Kier molecular flexibility index (Phi) is 5.73. The second kappa shape index (κ2) is 7.31. The van der Waals surface area contributed by atoms with E-state index in [4.69, 9.17) is 14.6 Å². The van der Waals surface area contributed by atoms with Crippen LogP contribution in [0.15, 0.2) is 30.9 Å². The maximum absolute atomic E-state index is 10.7. The van der Waals surface area contributed by atoms with Gasteiger partial charge in [0.15, 0.2) is 11.5 Å². The predicted molar refractivity (Wildman–Crippen MR) is 74.2 cm³/mol. The normalized spacial score (nSPS) is 9.79. The number of ether oxygens (including phenoxy) is 2. The molecule has 0 heterocycles. The molecule has 0 unspecified atom stereocenters. The first kappa shape index (κ1) is 14.9. The molecule has 0 radical (unpaired) electrons. The summed E-state index contributed by atoms with van der Waals surface area (Å²) >= 11 is 0. The van der Waals surface area contributed by atoms with Crippen molar-refractivity contribution >= 4 is 11.7 Å². The molecule has 0 saturated heterocycles. The summed E-state index contributed by atoms with van der Waals surface area (Å²) in [5, 5.41) is 8.76. The van der Waals surface area contributed by atoms with Crippen molar-refractivity contribution in [2.45, 2.75) is 6.42 Å². The Morgan fingerprint density at radius 2 is 2.05 bits per heavy atom. The molecule has 0 atom stereocenters. The third-order valence-corrected chi connectivity index (χ3v) is 2.68. The van der Waals surface area contributed by atoms with Crippen LogP contribution < -0.4 is 14.4 Å². The van der Waals surface area contributed by atoms with Gasteiger partial charge in [-0.2, -0.15) is 0 Å². The number of aliphatic carboxylic acids is 1. The molecule has 0 spiro atoms. The number of rotatable bonds is 8. The molecular weight excluding hydrogens is 246 g/mol. The second-order valence-electron chi connectivity index (χ2n) is 3.92. The van der Waals surface area contributed by atoms with Gasteiger partial charge in [-0.1, -0.05) is 6.08 Å². The largest absolute Gasteiger partial charge is 0.493 e. The first-order valence-electron chi connectivity index (χ1n) is 5.92. The molecule has 5 heteroatoms. The molecule has 19 heavy (non-hydrogen) atoms. The average Bonchev–Trinajstić information content (AvgIpc) is 2.42. The standard InChI is InChI=1S/C14H19NO4/c1-4-8-15(9-7-14(16)17)11-5-6-12(18-2)13(10-11)19-3/h4-6,10H,1,7-9H2,2-3H3,(H,16,17). The van der Waals surface area contributed by atoms with Gasteiger partial charge in [0, 0.05) is 24.8 Å². The lowest BCUT2D eigenvalue weighted by molar-refractivity contribution is -0.136. The Morgan fingerprint density at radius 1 is 1.37 bits per heavy atom. The Bertz CT molecular complexity index is 445. The molecule has 1 aromatic rings. The molecule has 1 rings (SSSR count). The van der Waals surface area contributed by atoms with Crippen LogP contribution in [0, 0.1) is 0 Å². The third kappa shape index (κ3) is 4.21. The van der Waals surface area contributed by atoms with Crippen LogP contribution in [-0.4, -0.2) is 38.4 Å². The van der Waals surface area contributed by atoms with Gasteiger partial charge in [0.1, 0.15) is 0 Å². The van der Waals surface area contributed by atoms with Gasteiger partial charge in [0.25, 0.3) is 0 Å². The van der Waals surface area contributed by atoms with E-state index < -0.39 is 5.97 Å². The van der Waals surface area contributed by atoms with Crippen LogP contribution in [0.2, 0.25) is 0 Å². The zero-order valence-electron chi connectivity index (χ0n) is 11.3. The third-order valence-electron chi connectivity index (χ3n) is 2.68. The summed E-state index contributed by atoms with van der Waals surface area (Å²) in [6.07, 6.45) is 1.81. The van der Waals surface area contributed by atoms with E-state index in [-0.39, 0.29) is 6.42 Å². The second-order valence-corrected chi connectivity index (χ2v) is 3.92. The van der Waals surface area contributed by atoms with E-state index in [2.05, 4.69) is 6.58 Å². The van der Waals surface area contributed by atoms with E-state index >= 15 is 0 Å². The van der Waals surface area contributed by atoms with Crippen LogP contribution in [0.3, 0.4) is 0 Å². The van der Waals surface area contributed by atoms with Gasteiger partial charge in [-0.3, -0.25) is 4.79 Å². The van der Waals surface area contributed by atoms with E-state index in [9.17, 15) is 4.79 Å². The van der Waals surface area contributed by atoms with Gasteiger partial charge in [0.05, 0.1) is 20.6 Å². The van der Waals surface area contributed by atoms with Crippen LogP contribution in [0.4, 0.5) is 5.69 Å². The van der Waals surface area contributed by atoms with E-state index in [1.807, 2.05) is 17.0 Å². The molecule has 0 aliphatic carbocycles. The zero-order valence-corrected chi connectivity index (χ0v) is 11.3. The van der Waals surface area contributed by atoms with E-state index in [0.717, 1.165) is 5.69 Å². The molecule has 0 fully saturated rings. The minimum Gasteiger partial charge on any atom is -0.493 e. The molecule has 0 saturated carbocycles. The number of methoxy groups -OCH3 is 2. The monoisotopic (exact) mass is 265 g/mol. The lowest BCUT2D eigenvalue weighted by Gasteiger charge is -2.23. The van der Waals surface area contributed by atoms with Crippen molar-refractivity contribution in [3.05, 3.63) is 30.9 Å². The van der Waals surface area contributed by atoms with Gasteiger partial charge in [-0.25, -0.2) is 0 Å². The lowest BCUT2D eigenvalue weighted by Crippen LogP contribution is -2.26. The van der Waals surface area contributed by atoms with Gasteiger partial charge in [-0.15, -0.1) is 6.58 Å². The zero-order chi connectivity index (χ0) is 14.3. The highest BCUT2D eigenvalue weighted by atomic mass is 16.5. The fourth-order valence-electron chi connectivity index (χ4n) is 1.73. The maximum atomic E-state index is 10.7. The van der Waals surface area contributed by atoms with Crippen LogP contribution >= 0.6 is 0 Å². The smallest absolute Gasteiger partial charge is 0.305 e. The Hall–Kier alpha value is -2.17.